The van der Waals surface area contributed by atoms with Crippen LogP contribution in [0.3, 0.4) is 0 Å². The summed E-state index contributed by atoms with van der Waals surface area (Å²) in [6.07, 6.45) is 3.75. The number of benzene rings is 2. The van der Waals surface area contributed by atoms with Gasteiger partial charge < -0.3 is 40.6 Å². The summed E-state index contributed by atoms with van der Waals surface area (Å²) in [6, 6.07) is 6.54. The molecule has 8 aliphatic rings. The zero-order valence-corrected chi connectivity index (χ0v) is 33.4. The maximum atomic E-state index is 14.9. The number of carbonyl (C=O) groups excluding carboxylic acids is 4. The van der Waals surface area contributed by atoms with E-state index in [0.29, 0.717) is 47.3 Å². The molecule has 4 amide bonds. The lowest BCUT2D eigenvalue weighted by Crippen LogP contribution is -2.37. The van der Waals surface area contributed by atoms with Crippen LogP contribution in [-0.4, -0.2) is 101 Å². The predicted octanol–water partition coefficient (Wildman–Crippen LogP) is 2.95. The van der Waals surface area contributed by atoms with E-state index in [0.717, 1.165) is 36.8 Å². The molecular formula is C44H42F2N8O6. The fourth-order valence-electron chi connectivity index (χ4n) is 9.59. The van der Waals surface area contributed by atoms with Crippen molar-refractivity contribution in [1.82, 2.24) is 28.9 Å². The van der Waals surface area contributed by atoms with Gasteiger partial charge in [0.1, 0.15) is 34.7 Å². The summed E-state index contributed by atoms with van der Waals surface area (Å²) < 4.78 is 33.8. The molecule has 308 valence electrons. The number of halogens is 2. The molecule has 4 fully saturated rings. The number of likely N-dealkylation sites (tertiary alicyclic amines) is 2. The highest BCUT2D eigenvalue weighted by Gasteiger charge is 2.45. The third-order valence-corrected chi connectivity index (χ3v) is 13.2. The molecule has 6 N–H and O–H groups in total. The molecule has 4 bridgehead atoms. The first-order chi connectivity index (χ1) is 28.4. The molecule has 2 saturated heterocycles. The third kappa shape index (κ3) is 5.91. The normalized spacial score (nSPS) is 26.3. The monoisotopic (exact) mass is 816 g/mol. The van der Waals surface area contributed by atoms with Crippen LogP contribution in [0.5, 0.6) is 0 Å². The van der Waals surface area contributed by atoms with Gasteiger partial charge in [0.2, 0.25) is 11.2 Å². The number of aliphatic hydroxyl groups is 2. The highest BCUT2D eigenvalue weighted by atomic mass is 19.1. The topological polar surface area (TPSA) is 203 Å². The Kier molecular flexibility index (Phi) is 8.86. The SMILES string of the molecule is Cc1c(C(N)=O)nc2n1C1CC(C1)c1cc(F)c(C#C[C@@]3(O)CCN(C)C3=O)cc1-2.Cc1c(C(N)=O)nc2n1C1CC(C1)c1cc(F)c(C#C[C@]3(O)CCN(C)C3=O)cc1-2. The predicted molar refractivity (Wildman–Crippen MR) is 212 cm³/mol. The molecule has 12 rings (SSSR count). The van der Waals surface area contributed by atoms with Gasteiger partial charge in [0.15, 0.2) is 0 Å². The van der Waals surface area contributed by atoms with Crippen LogP contribution in [0, 0.1) is 49.2 Å². The van der Waals surface area contributed by atoms with Gasteiger partial charge >= 0.3 is 0 Å². The Morgan fingerprint density at radius 1 is 0.700 bits per heavy atom. The van der Waals surface area contributed by atoms with Crippen molar-refractivity contribution >= 4 is 23.6 Å². The Bertz CT molecular complexity index is 2560. The standard InChI is InChI=1S/2C22H21FN4O3/c2*1-11-18(19(24)28)25-20-16-9-12(3-4-22(30)5-6-26(2)21(22)29)17(23)10-15(16)13-7-14(8-13)27(11)20/h2*9-10,13-14,30H,5-8H2,1-2H3,(H2,24,28)/t2*13?,14?,22-/m10/s1. The zero-order valence-electron chi connectivity index (χ0n) is 33.4. The van der Waals surface area contributed by atoms with Gasteiger partial charge in [0.25, 0.3) is 23.6 Å². The minimum absolute atomic E-state index is 0.0801. The summed E-state index contributed by atoms with van der Waals surface area (Å²) in [5, 5.41) is 21.0. The van der Waals surface area contributed by atoms with E-state index in [2.05, 4.69) is 33.6 Å². The van der Waals surface area contributed by atoms with Gasteiger partial charge in [-0.15, -0.1) is 0 Å². The Morgan fingerprint density at radius 3 is 1.38 bits per heavy atom. The van der Waals surface area contributed by atoms with Crippen LogP contribution < -0.4 is 11.5 Å². The van der Waals surface area contributed by atoms with Gasteiger partial charge in [-0.25, -0.2) is 18.7 Å². The summed E-state index contributed by atoms with van der Waals surface area (Å²) in [5.41, 5.74) is 12.5. The Balaban J connectivity index is 0.000000154. The molecule has 2 aromatic heterocycles. The van der Waals surface area contributed by atoms with Crippen molar-refractivity contribution in [3.05, 3.63) is 80.9 Å². The quantitative estimate of drug-likeness (QED) is 0.221. The number of hydrogen-bond donors (Lipinski definition) is 4. The van der Waals surface area contributed by atoms with Crippen LogP contribution in [0.25, 0.3) is 22.8 Å². The van der Waals surface area contributed by atoms with Crippen molar-refractivity contribution in [2.75, 3.05) is 27.2 Å². The fourth-order valence-corrected chi connectivity index (χ4v) is 9.59. The molecule has 2 saturated carbocycles. The van der Waals surface area contributed by atoms with Crippen molar-refractivity contribution in [3.63, 3.8) is 0 Å². The molecule has 8 heterocycles. The summed E-state index contributed by atoms with van der Waals surface area (Å²) in [7, 11) is 3.19. The first kappa shape index (κ1) is 39.1. The van der Waals surface area contributed by atoms with E-state index in [9.17, 15) is 38.2 Å². The smallest absolute Gasteiger partial charge is 0.269 e. The van der Waals surface area contributed by atoms with Gasteiger partial charge in [0.05, 0.1) is 11.1 Å². The Labute approximate surface area is 343 Å². The Hall–Kier alpha value is -6.36. The Morgan fingerprint density at radius 2 is 1.07 bits per heavy atom. The van der Waals surface area contributed by atoms with Crippen molar-refractivity contribution in [1.29, 1.82) is 0 Å². The third-order valence-electron chi connectivity index (χ3n) is 13.2. The molecule has 0 unspecified atom stereocenters. The van der Waals surface area contributed by atoms with E-state index in [4.69, 9.17) is 11.5 Å². The van der Waals surface area contributed by atoms with Crippen molar-refractivity contribution in [2.24, 2.45) is 11.5 Å². The molecular weight excluding hydrogens is 775 g/mol. The van der Waals surface area contributed by atoms with Crippen LogP contribution in [0.4, 0.5) is 8.78 Å². The summed E-state index contributed by atoms with van der Waals surface area (Å²) in [6.45, 7) is 4.42. The molecule has 16 heteroatoms. The highest BCUT2D eigenvalue weighted by molar-refractivity contribution is 5.94. The lowest BCUT2D eigenvalue weighted by molar-refractivity contribution is -0.138. The van der Waals surface area contributed by atoms with E-state index < -0.39 is 46.5 Å². The molecule has 2 atom stereocenters. The average Bonchev–Trinajstić information content (AvgIpc) is 3.73. The van der Waals surface area contributed by atoms with Crippen LogP contribution in [0.15, 0.2) is 24.3 Å². The summed E-state index contributed by atoms with van der Waals surface area (Å²) >= 11 is 0. The number of primary amides is 2. The van der Waals surface area contributed by atoms with Crippen LogP contribution in [-0.2, 0) is 9.59 Å². The molecule has 2 aromatic carbocycles. The largest absolute Gasteiger partial charge is 0.369 e. The number of carbonyl (C=O) groups is 4. The number of imidazole rings is 2. The van der Waals surface area contributed by atoms with E-state index in [1.54, 1.807) is 26.2 Å². The number of hydrogen-bond acceptors (Lipinski definition) is 8. The zero-order chi connectivity index (χ0) is 42.7. The molecule has 60 heavy (non-hydrogen) atoms. The highest BCUT2D eigenvalue weighted by Crippen LogP contribution is 2.54. The first-order valence-electron chi connectivity index (χ1n) is 19.9. The van der Waals surface area contributed by atoms with Crippen LogP contribution in [0.2, 0.25) is 0 Å². The summed E-state index contributed by atoms with van der Waals surface area (Å²) in [4.78, 5) is 59.7. The fraction of sp³-hybridized carbons (Fsp3) is 0.409. The molecule has 0 radical (unpaired) electrons. The van der Waals surface area contributed by atoms with Crippen molar-refractivity contribution in [3.8, 4) is 46.5 Å². The molecule has 2 aliphatic carbocycles. The van der Waals surface area contributed by atoms with Gasteiger partial charge in [-0.3, -0.25) is 19.2 Å². The second kappa shape index (κ2) is 13.6. The minimum atomic E-state index is -1.80. The van der Waals surface area contributed by atoms with E-state index in [-0.39, 0.29) is 59.3 Å². The van der Waals surface area contributed by atoms with Gasteiger partial charge in [0, 0.05) is 74.6 Å². The number of rotatable bonds is 2. The lowest BCUT2D eigenvalue weighted by atomic mass is 9.75. The summed E-state index contributed by atoms with van der Waals surface area (Å²) in [5.74, 6) is 8.91. The number of likely N-dealkylation sites (N-methyl/N-ethyl adjacent to an activating group) is 2. The average molecular weight is 817 g/mol. The van der Waals surface area contributed by atoms with Gasteiger partial charge in [-0.2, -0.15) is 0 Å². The maximum Gasteiger partial charge on any atom is 0.269 e. The van der Waals surface area contributed by atoms with Crippen molar-refractivity contribution in [2.45, 2.75) is 87.5 Å². The van der Waals surface area contributed by atoms with Gasteiger partial charge in [-0.05, 0) is 86.8 Å². The van der Waals surface area contributed by atoms with E-state index >= 15 is 0 Å². The van der Waals surface area contributed by atoms with E-state index in [1.807, 2.05) is 23.0 Å². The number of nitrogens with zero attached hydrogens (tertiary/aromatic N) is 6. The molecule has 0 spiro atoms. The molecule has 14 nitrogen and oxygen atoms in total. The van der Waals surface area contributed by atoms with Crippen molar-refractivity contribution < 1.29 is 38.2 Å². The first-order valence-corrected chi connectivity index (χ1v) is 19.9. The minimum Gasteiger partial charge on any atom is -0.369 e. The number of nitrogens with two attached hydrogens (primary N) is 2. The maximum absolute atomic E-state index is 14.9. The van der Waals surface area contributed by atoms with Crippen LogP contribution >= 0.6 is 0 Å². The van der Waals surface area contributed by atoms with E-state index in [1.165, 1.54) is 21.9 Å². The molecule has 6 aliphatic heterocycles. The van der Waals surface area contributed by atoms with Crippen LogP contribution in [0.1, 0.15) is 117 Å². The number of aromatic nitrogens is 4. The lowest BCUT2D eigenvalue weighted by Gasteiger charge is -2.35. The molecule has 4 aromatic rings. The second-order valence-electron chi connectivity index (χ2n) is 16.9. The van der Waals surface area contributed by atoms with Gasteiger partial charge in [-0.1, -0.05) is 23.7 Å². The second-order valence-corrected chi connectivity index (χ2v) is 16.9. The number of amides is 4.